The molecule has 17 heavy (non-hydrogen) atoms. The molecule has 0 aliphatic heterocycles. The Morgan fingerprint density at radius 3 is 2.71 bits per heavy atom. The maximum atomic E-state index is 4.64. The van der Waals surface area contributed by atoms with Crippen molar-refractivity contribution in [2.75, 3.05) is 6.54 Å². The summed E-state index contributed by atoms with van der Waals surface area (Å²) in [6.45, 7) is 6.38. The molecule has 0 bridgehead atoms. The Morgan fingerprint density at radius 2 is 2.06 bits per heavy atom. The molecule has 0 unspecified atom stereocenters. The van der Waals surface area contributed by atoms with Crippen LogP contribution in [0.5, 0.6) is 0 Å². The van der Waals surface area contributed by atoms with Crippen LogP contribution < -0.4 is 5.32 Å². The van der Waals surface area contributed by atoms with Crippen LogP contribution >= 0.6 is 0 Å². The zero-order chi connectivity index (χ0) is 12.1. The quantitative estimate of drug-likeness (QED) is 0.850. The van der Waals surface area contributed by atoms with Crippen molar-refractivity contribution in [3.63, 3.8) is 0 Å². The van der Waals surface area contributed by atoms with Crippen LogP contribution in [0.15, 0.2) is 6.20 Å². The summed E-state index contributed by atoms with van der Waals surface area (Å²) in [4.78, 5) is 0. The van der Waals surface area contributed by atoms with E-state index in [1.165, 1.54) is 43.4 Å². The molecular weight excluding hydrogens is 210 g/mol. The second kappa shape index (κ2) is 6.20. The van der Waals surface area contributed by atoms with Crippen LogP contribution in [0.4, 0.5) is 0 Å². The molecule has 0 amide bonds. The number of nitrogens with zero attached hydrogens (tertiary/aromatic N) is 2. The molecule has 1 saturated carbocycles. The standard InChI is InChI=1S/C14H25N3/c1-3-14-12(10-15-4-2)11-16-17(14)13-8-6-5-7-9-13/h11,13,15H,3-10H2,1-2H3. The summed E-state index contributed by atoms with van der Waals surface area (Å²) in [6, 6.07) is 0.661. The number of aromatic nitrogens is 2. The molecule has 2 rings (SSSR count). The number of hydrogen-bond acceptors (Lipinski definition) is 2. The van der Waals surface area contributed by atoms with Crippen molar-refractivity contribution in [3.05, 3.63) is 17.5 Å². The molecule has 0 aromatic carbocycles. The minimum absolute atomic E-state index is 0.661. The first-order chi connectivity index (χ1) is 8.36. The summed E-state index contributed by atoms with van der Waals surface area (Å²) >= 11 is 0. The third kappa shape index (κ3) is 2.89. The highest BCUT2D eigenvalue weighted by atomic mass is 15.3. The van der Waals surface area contributed by atoms with E-state index in [0.29, 0.717) is 6.04 Å². The van der Waals surface area contributed by atoms with Crippen LogP contribution in [0, 0.1) is 0 Å². The van der Waals surface area contributed by atoms with Crippen LogP contribution in [-0.4, -0.2) is 16.3 Å². The molecule has 1 aromatic heterocycles. The summed E-state index contributed by atoms with van der Waals surface area (Å²) in [5.41, 5.74) is 2.83. The first kappa shape index (κ1) is 12.6. The Kier molecular flexibility index (Phi) is 4.60. The van der Waals surface area contributed by atoms with Gasteiger partial charge in [0.1, 0.15) is 0 Å². The largest absolute Gasteiger partial charge is 0.313 e. The number of nitrogens with one attached hydrogen (secondary N) is 1. The Labute approximate surface area is 105 Å². The van der Waals surface area contributed by atoms with Gasteiger partial charge in [0.15, 0.2) is 0 Å². The summed E-state index contributed by atoms with van der Waals surface area (Å²) in [6.07, 6.45) is 9.94. The van der Waals surface area contributed by atoms with Crippen LogP contribution in [0.2, 0.25) is 0 Å². The maximum Gasteiger partial charge on any atom is 0.0537 e. The molecule has 1 aromatic rings. The molecule has 3 nitrogen and oxygen atoms in total. The normalized spacial score (nSPS) is 17.5. The molecule has 1 aliphatic rings. The highest BCUT2D eigenvalue weighted by molar-refractivity contribution is 5.18. The van der Waals surface area contributed by atoms with Crippen molar-refractivity contribution in [1.29, 1.82) is 0 Å². The van der Waals surface area contributed by atoms with E-state index in [4.69, 9.17) is 0 Å². The van der Waals surface area contributed by atoms with Gasteiger partial charge in [-0.1, -0.05) is 33.1 Å². The highest BCUT2D eigenvalue weighted by Gasteiger charge is 2.19. The van der Waals surface area contributed by atoms with Crippen LogP contribution in [0.25, 0.3) is 0 Å². The maximum absolute atomic E-state index is 4.64. The van der Waals surface area contributed by atoms with Gasteiger partial charge in [-0.25, -0.2) is 0 Å². The van der Waals surface area contributed by atoms with Gasteiger partial charge in [0.05, 0.1) is 12.2 Å². The molecule has 1 aliphatic carbocycles. The lowest BCUT2D eigenvalue weighted by Crippen LogP contribution is -2.18. The summed E-state index contributed by atoms with van der Waals surface area (Å²) < 4.78 is 2.31. The monoisotopic (exact) mass is 235 g/mol. The van der Waals surface area contributed by atoms with Crippen molar-refractivity contribution in [3.8, 4) is 0 Å². The van der Waals surface area contributed by atoms with Crippen molar-refractivity contribution in [2.24, 2.45) is 0 Å². The third-order valence-corrected chi connectivity index (χ3v) is 3.81. The van der Waals surface area contributed by atoms with E-state index >= 15 is 0 Å². The summed E-state index contributed by atoms with van der Waals surface area (Å²) in [7, 11) is 0. The SMILES string of the molecule is CCNCc1cnn(C2CCCCC2)c1CC. The first-order valence-corrected chi connectivity index (χ1v) is 7.12. The molecule has 0 radical (unpaired) electrons. The predicted octanol–water partition coefficient (Wildman–Crippen LogP) is 3.06. The topological polar surface area (TPSA) is 29.9 Å². The molecular formula is C14H25N3. The lowest BCUT2D eigenvalue weighted by Gasteiger charge is -2.24. The van der Waals surface area contributed by atoms with Crippen molar-refractivity contribution < 1.29 is 0 Å². The summed E-state index contributed by atoms with van der Waals surface area (Å²) in [5.74, 6) is 0. The van der Waals surface area contributed by atoms with Gasteiger partial charge in [-0.2, -0.15) is 5.10 Å². The van der Waals surface area contributed by atoms with Gasteiger partial charge in [0.2, 0.25) is 0 Å². The van der Waals surface area contributed by atoms with E-state index in [2.05, 4.69) is 35.1 Å². The molecule has 0 spiro atoms. The van der Waals surface area contributed by atoms with Gasteiger partial charge in [-0.05, 0) is 25.8 Å². The first-order valence-electron chi connectivity index (χ1n) is 7.12. The molecule has 96 valence electrons. The van der Waals surface area contributed by atoms with E-state index in [-0.39, 0.29) is 0 Å². The van der Waals surface area contributed by atoms with Gasteiger partial charge >= 0.3 is 0 Å². The average molecular weight is 235 g/mol. The zero-order valence-electron chi connectivity index (χ0n) is 11.2. The Balaban J connectivity index is 2.12. The van der Waals surface area contributed by atoms with E-state index in [1.54, 1.807) is 0 Å². The van der Waals surface area contributed by atoms with Gasteiger partial charge in [-0.3, -0.25) is 4.68 Å². The fourth-order valence-corrected chi connectivity index (χ4v) is 2.86. The van der Waals surface area contributed by atoms with Crippen molar-refractivity contribution >= 4 is 0 Å². The highest BCUT2D eigenvalue weighted by Crippen LogP contribution is 2.29. The van der Waals surface area contributed by atoms with Crippen LogP contribution in [0.1, 0.15) is 63.3 Å². The smallest absolute Gasteiger partial charge is 0.0537 e. The van der Waals surface area contributed by atoms with E-state index in [9.17, 15) is 0 Å². The second-order valence-electron chi connectivity index (χ2n) is 4.99. The lowest BCUT2D eigenvalue weighted by molar-refractivity contribution is 0.322. The van der Waals surface area contributed by atoms with E-state index in [0.717, 1.165) is 19.5 Å². The average Bonchev–Trinajstić information content (AvgIpc) is 2.80. The molecule has 0 atom stereocenters. The van der Waals surface area contributed by atoms with Crippen molar-refractivity contribution in [2.45, 2.75) is 65.0 Å². The van der Waals surface area contributed by atoms with Crippen LogP contribution in [-0.2, 0) is 13.0 Å². The van der Waals surface area contributed by atoms with Gasteiger partial charge in [0.25, 0.3) is 0 Å². The van der Waals surface area contributed by atoms with Gasteiger partial charge in [-0.15, -0.1) is 0 Å². The van der Waals surface area contributed by atoms with Gasteiger partial charge in [0, 0.05) is 17.8 Å². The lowest BCUT2D eigenvalue weighted by atomic mass is 9.95. The molecule has 1 heterocycles. The predicted molar refractivity (Wildman–Crippen MR) is 71.1 cm³/mol. The minimum atomic E-state index is 0.661. The second-order valence-corrected chi connectivity index (χ2v) is 4.99. The molecule has 0 saturated heterocycles. The fraction of sp³-hybridized carbons (Fsp3) is 0.786. The number of hydrogen-bond donors (Lipinski definition) is 1. The summed E-state index contributed by atoms with van der Waals surface area (Å²) in [5, 5.41) is 8.04. The molecule has 1 fully saturated rings. The zero-order valence-corrected chi connectivity index (χ0v) is 11.2. The molecule has 3 heteroatoms. The van der Waals surface area contributed by atoms with Gasteiger partial charge < -0.3 is 5.32 Å². The van der Waals surface area contributed by atoms with E-state index in [1.807, 2.05) is 0 Å². The number of rotatable bonds is 5. The fourth-order valence-electron chi connectivity index (χ4n) is 2.86. The Hall–Kier alpha value is -0.830. The van der Waals surface area contributed by atoms with Crippen molar-refractivity contribution in [1.82, 2.24) is 15.1 Å². The van der Waals surface area contributed by atoms with E-state index < -0.39 is 0 Å². The van der Waals surface area contributed by atoms with Crippen LogP contribution in [0.3, 0.4) is 0 Å². The Bertz CT molecular complexity index is 337. The third-order valence-electron chi connectivity index (χ3n) is 3.81. The molecule has 1 N–H and O–H groups in total. The minimum Gasteiger partial charge on any atom is -0.313 e. The Morgan fingerprint density at radius 1 is 1.29 bits per heavy atom.